The van der Waals surface area contributed by atoms with E-state index in [-0.39, 0.29) is 35.1 Å². The fraction of sp³-hybridized carbons (Fsp3) is 0.125. The zero-order valence-corrected chi connectivity index (χ0v) is 9.38. The van der Waals surface area contributed by atoms with Gasteiger partial charge in [-0.1, -0.05) is 18.2 Å². The Morgan fingerprint density at radius 2 is 1.79 bits per heavy atom. The van der Waals surface area contributed by atoms with Crippen LogP contribution in [-0.4, -0.2) is 6.21 Å². The van der Waals surface area contributed by atoms with E-state index in [1.165, 1.54) is 18.2 Å². The Labute approximate surface area is 101 Å². The van der Waals surface area contributed by atoms with Crippen LogP contribution in [0.3, 0.4) is 0 Å². The normalized spacial score (nSPS) is 11.4. The molecular formula is C8H5F3NNaO. The Morgan fingerprint density at radius 3 is 2.29 bits per heavy atom. The molecule has 0 unspecified atom stereocenters. The maximum absolute atomic E-state index is 12.2. The second-order valence-corrected chi connectivity index (χ2v) is 2.32. The van der Waals surface area contributed by atoms with E-state index in [0.29, 0.717) is 6.21 Å². The largest absolute Gasteiger partial charge is 1.00 e. The summed E-state index contributed by atoms with van der Waals surface area (Å²) in [5.41, 5.74) is -1.07. The molecule has 0 bridgehead atoms. The summed E-state index contributed by atoms with van der Waals surface area (Å²) in [6.07, 6.45) is -3.80. The third-order valence-corrected chi connectivity index (χ3v) is 1.46. The molecule has 70 valence electrons. The average molecular weight is 211 g/mol. The van der Waals surface area contributed by atoms with Crippen molar-refractivity contribution in [3.63, 3.8) is 0 Å². The van der Waals surface area contributed by atoms with Gasteiger partial charge in [-0.05, 0) is 6.07 Å². The van der Waals surface area contributed by atoms with Crippen molar-refractivity contribution in [3.8, 4) is 0 Å². The van der Waals surface area contributed by atoms with Crippen LogP contribution in [0, 0.1) is 5.21 Å². The molecule has 6 heteroatoms. The number of hydrogen-bond acceptors (Lipinski definition) is 2. The van der Waals surface area contributed by atoms with Gasteiger partial charge >= 0.3 is 35.7 Å². The van der Waals surface area contributed by atoms with E-state index in [2.05, 4.69) is 5.16 Å². The predicted molar refractivity (Wildman–Crippen MR) is 42.4 cm³/mol. The van der Waals surface area contributed by atoms with Gasteiger partial charge in [-0.15, -0.1) is 0 Å². The zero-order valence-electron chi connectivity index (χ0n) is 7.38. The van der Waals surface area contributed by atoms with Crippen LogP contribution in [0.15, 0.2) is 29.4 Å². The van der Waals surface area contributed by atoms with Crippen molar-refractivity contribution in [3.05, 3.63) is 40.6 Å². The van der Waals surface area contributed by atoms with Crippen LogP contribution in [0.4, 0.5) is 13.2 Å². The first-order valence-corrected chi connectivity index (χ1v) is 3.37. The Bertz CT molecular complexity index is 325. The van der Waals surface area contributed by atoms with Crippen LogP contribution < -0.4 is 29.6 Å². The van der Waals surface area contributed by atoms with Crippen molar-refractivity contribution >= 4 is 6.21 Å². The fourth-order valence-electron chi connectivity index (χ4n) is 0.925. The van der Waals surface area contributed by atoms with Crippen molar-refractivity contribution in [1.82, 2.24) is 0 Å². The van der Waals surface area contributed by atoms with Crippen LogP contribution in [0.2, 0.25) is 0 Å². The minimum Gasteiger partial charge on any atom is -0.792 e. The van der Waals surface area contributed by atoms with Crippen LogP contribution in [0.5, 0.6) is 0 Å². The van der Waals surface area contributed by atoms with Gasteiger partial charge in [-0.3, -0.25) is 0 Å². The quantitative estimate of drug-likeness (QED) is 0.354. The molecule has 0 atom stereocenters. The molecule has 0 saturated carbocycles. The van der Waals surface area contributed by atoms with E-state index in [1.54, 1.807) is 0 Å². The summed E-state index contributed by atoms with van der Waals surface area (Å²) < 4.78 is 36.6. The third-order valence-electron chi connectivity index (χ3n) is 1.46. The van der Waals surface area contributed by atoms with E-state index in [0.717, 1.165) is 6.07 Å². The van der Waals surface area contributed by atoms with Gasteiger partial charge in [0.1, 0.15) is 0 Å². The van der Waals surface area contributed by atoms with E-state index in [1.807, 2.05) is 0 Å². The van der Waals surface area contributed by atoms with Crippen LogP contribution in [0.1, 0.15) is 11.1 Å². The van der Waals surface area contributed by atoms with Crippen LogP contribution in [-0.2, 0) is 6.18 Å². The number of nitrogens with zero attached hydrogens (tertiary/aromatic N) is 1. The van der Waals surface area contributed by atoms with Gasteiger partial charge in [0.05, 0.1) is 5.56 Å². The van der Waals surface area contributed by atoms with Gasteiger partial charge in [0, 0.05) is 11.8 Å². The van der Waals surface area contributed by atoms with E-state index < -0.39 is 11.7 Å². The van der Waals surface area contributed by atoms with Crippen molar-refractivity contribution in [1.29, 1.82) is 0 Å². The smallest absolute Gasteiger partial charge is 0.792 e. The molecular weight excluding hydrogens is 206 g/mol. The Hall–Kier alpha value is -0.520. The average Bonchev–Trinajstić information content (AvgIpc) is 2.04. The second kappa shape index (κ2) is 5.38. The van der Waals surface area contributed by atoms with Gasteiger partial charge in [-0.25, -0.2) is 0 Å². The molecule has 1 aromatic carbocycles. The molecule has 0 N–H and O–H groups in total. The summed E-state index contributed by atoms with van der Waals surface area (Å²) in [4.78, 5) is 0. The van der Waals surface area contributed by atoms with Gasteiger partial charge < -0.3 is 10.4 Å². The van der Waals surface area contributed by atoms with Crippen LogP contribution in [0.25, 0.3) is 0 Å². The standard InChI is InChI=1S/C8H6F3NO.Na/c9-8(10,11)7-4-2-1-3-6(7)5-12-13;/h1-5,13H;/q;+1/p-1/b12-5+;. The number of hydrogen-bond donors (Lipinski definition) is 0. The second-order valence-electron chi connectivity index (χ2n) is 2.32. The molecule has 0 fully saturated rings. The zero-order chi connectivity index (χ0) is 9.90. The SMILES string of the molecule is [Na+].[O-]/N=C/c1ccccc1C(F)(F)F. The van der Waals surface area contributed by atoms with Crippen molar-refractivity contribution < 1.29 is 42.7 Å². The molecule has 1 rings (SSSR count). The van der Waals surface area contributed by atoms with Gasteiger partial charge in [-0.2, -0.15) is 13.2 Å². The summed E-state index contributed by atoms with van der Waals surface area (Å²) in [5, 5.41) is 12.1. The fourth-order valence-corrected chi connectivity index (χ4v) is 0.925. The minimum atomic E-state index is -4.45. The molecule has 0 aliphatic carbocycles. The Kier molecular flexibility index (Phi) is 5.18. The predicted octanol–water partition coefficient (Wildman–Crippen LogP) is -0.374. The molecule has 0 aromatic heterocycles. The van der Waals surface area contributed by atoms with Crippen LogP contribution >= 0.6 is 0 Å². The van der Waals surface area contributed by atoms with E-state index >= 15 is 0 Å². The molecule has 14 heavy (non-hydrogen) atoms. The molecule has 1 aromatic rings. The first kappa shape index (κ1) is 13.5. The molecule has 0 heterocycles. The van der Waals surface area contributed by atoms with Gasteiger partial charge in [0.15, 0.2) is 0 Å². The summed E-state index contributed by atoms with van der Waals surface area (Å²) in [6.45, 7) is 0. The summed E-state index contributed by atoms with van der Waals surface area (Å²) in [7, 11) is 0. The maximum atomic E-state index is 12.2. The maximum Gasteiger partial charge on any atom is 1.00 e. The number of halogens is 3. The number of rotatable bonds is 1. The topological polar surface area (TPSA) is 35.4 Å². The molecule has 2 nitrogen and oxygen atoms in total. The number of alkyl halides is 3. The number of benzene rings is 1. The molecule has 0 saturated heterocycles. The molecule has 0 aliphatic rings. The van der Waals surface area contributed by atoms with Gasteiger partial charge in [0.25, 0.3) is 0 Å². The summed E-state index contributed by atoms with van der Waals surface area (Å²) in [6, 6.07) is 4.75. The van der Waals surface area contributed by atoms with Gasteiger partial charge in [0.2, 0.25) is 0 Å². The first-order valence-electron chi connectivity index (χ1n) is 3.37. The van der Waals surface area contributed by atoms with Crippen molar-refractivity contribution in [2.45, 2.75) is 6.18 Å². The van der Waals surface area contributed by atoms with Crippen molar-refractivity contribution in [2.24, 2.45) is 5.16 Å². The summed E-state index contributed by atoms with van der Waals surface area (Å²) in [5.74, 6) is 0. The molecule has 0 aliphatic heterocycles. The Balaban J connectivity index is 0.00000169. The van der Waals surface area contributed by atoms with Crippen molar-refractivity contribution in [2.75, 3.05) is 0 Å². The third kappa shape index (κ3) is 3.32. The molecule has 0 radical (unpaired) electrons. The summed E-state index contributed by atoms with van der Waals surface area (Å²) >= 11 is 0. The van der Waals surface area contributed by atoms with E-state index in [9.17, 15) is 18.4 Å². The Morgan fingerprint density at radius 1 is 1.21 bits per heavy atom. The minimum absolute atomic E-state index is 0. The molecule has 0 amide bonds. The molecule has 0 spiro atoms. The monoisotopic (exact) mass is 211 g/mol. The van der Waals surface area contributed by atoms with E-state index in [4.69, 9.17) is 0 Å². The first-order chi connectivity index (χ1) is 6.05.